The Morgan fingerprint density at radius 3 is 2.35 bits per heavy atom. The van der Waals surface area contributed by atoms with Crippen molar-refractivity contribution in [1.29, 1.82) is 0 Å². The summed E-state index contributed by atoms with van der Waals surface area (Å²) in [6.45, 7) is 0.367. The maximum absolute atomic E-state index is 13.1. The molecule has 2 aromatic carbocycles. The summed E-state index contributed by atoms with van der Waals surface area (Å²) in [5, 5.41) is 8.36. The Kier molecular flexibility index (Phi) is 4.27. The second-order valence-corrected chi connectivity index (χ2v) is 6.20. The fourth-order valence-corrected chi connectivity index (χ4v) is 2.44. The molecule has 0 saturated heterocycles. The molecule has 3 N–H and O–H groups in total. The van der Waals surface area contributed by atoms with Gasteiger partial charge in [0.05, 0.1) is 4.90 Å². The maximum atomic E-state index is 13.1. The summed E-state index contributed by atoms with van der Waals surface area (Å²) in [6.07, 6.45) is 0. The first-order valence-electron chi connectivity index (χ1n) is 5.66. The Bertz CT molecular complexity index is 697. The summed E-state index contributed by atoms with van der Waals surface area (Å²) in [7, 11) is -3.69. The molecule has 0 aliphatic heterocycles. The van der Waals surface area contributed by atoms with Gasteiger partial charge in [-0.25, -0.2) is 17.9 Å². The van der Waals surface area contributed by atoms with Crippen molar-refractivity contribution in [2.45, 2.75) is 11.4 Å². The van der Waals surface area contributed by atoms with Crippen molar-refractivity contribution in [2.24, 2.45) is 5.14 Å². The molecular formula is C13H12ClFN2O2S. The summed E-state index contributed by atoms with van der Waals surface area (Å²) >= 11 is 5.75. The number of hydrogen-bond donors (Lipinski definition) is 2. The number of rotatable bonds is 4. The average molecular weight is 315 g/mol. The zero-order valence-corrected chi connectivity index (χ0v) is 11.9. The van der Waals surface area contributed by atoms with Gasteiger partial charge in [0.15, 0.2) is 0 Å². The number of hydrogen-bond acceptors (Lipinski definition) is 3. The summed E-state index contributed by atoms with van der Waals surface area (Å²) in [5.74, 6) is -0.404. The Balaban J connectivity index is 2.07. The molecule has 0 aromatic heterocycles. The molecule has 0 saturated carbocycles. The van der Waals surface area contributed by atoms with E-state index in [1.54, 1.807) is 18.2 Å². The van der Waals surface area contributed by atoms with Crippen LogP contribution in [0.5, 0.6) is 0 Å². The van der Waals surface area contributed by atoms with Gasteiger partial charge in [0, 0.05) is 17.3 Å². The SMILES string of the molecule is NS(=O)(=O)c1ccc(NCc2cc(F)cc(Cl)c2)cc1. The Morgan fingerprint density at radius 1 is 1.15 bits per heavy atom. The number of anilines is 1. The van der Waals surface area contributed by atoms with Gasteiger partial charge in [0.25, 0.3) is 0 Å². The van der Waals surface area contributed by atoms with Crippen LogP contribution >= 0.6 is 11.6 Å². The second-order valence-electron chi connectivity index (χ2n) is 4.20. The molecule has 0 bridgehead atoms. The van der Waals surface area contributed by atoms with Gasteiger partial charge in [-0.05, 0) is 48.0 Å². The smallest absolute Gasteiger partial charge is 0.238 e. The first kappa shape index (κ1) is 14.8. The van der Waals surface area contributed by atoms with E-state index in [4.69, 9.17) is 16.7 Å². The highest BCUT2D eigenvalue weighted by molar-refractivity contribution is 7.89. The molecule has 0 aliphatic rings. The largest absolute Gasteiger partial charge is 0.381 e. The molecule has 0 unspecified atom stereocenters. The van der Waals surface area contributed by atoms with Crippen LogP contribution in [0, 0.1) is 5.82 Å². The summed E-state index contributed by atoms with van der Waals surface area (Å²) < 4.78 is 35.3. The molecule has 0 spiro atoms. The summed E-state index contributed by atoms with van der Waals surface area (Å²) in [6, 6.07) is 10.2. The number of nitrogens with two attached hydrogens (primary N) is 1. The van der Waals surface area contributed by atoms with Crippen LogP contribution in [-0.4, -0.2) is 8.42 Å². The fraction of sp³-hybridized carbons (Fsp3) is 0.0769. The van der Waals surface area contributed by atoms with Crippen molar-refractivity contribution in [3.05, 3.63) is 58.9 Å². The van der Waals surface area contributed by atoms with E-state index in [-0.39, 0.29) is 4.90 Å². The van der Waals surface area contributed by atoms with E-state index in [1.165, 1.54) is 24.3 Å². The molecule has 106 valence electrons. The molecule has 4 nitrogen and oxygen atoms in total. The molecule has 7 heteroatoms. The molecule has 0 radical (unpaired) electrons. The first-order valence-corrected chi connectivity index (χ1v) is 7.59. The van der Waals surface area contributed by atoms with Crippen LogP contribution in [0.15, 0.2) is 47.4 Å². The third-order valence-corrected chi connectivity index (χ3v) is 3.75. The predicted molar refractivity (Wildman–Crippen MR) is 76.6 cm³/mol. The molecule has 2 aromatic rings. The molecule has 0 aliphatic carbocycles. The van der Waals surface area contributed by atoms with Gasteiger partial charge in [0.2, 0.25) is 10.0 Å². The maximum Gasteiger partial charge on any atom is 0.238 e. The average Bonchev–Trinajstić information content (AvgIpc) is 2.35. The van der Waals surface area contributed by atoms with Crippen LogP contribution in [0.3, 0.4) is 0 Å². The van der Waals surface area contributed by atoms with Gasteiger partial charge in [-0.15, -0.1) is 0 Å². The highest BCUT2D eigenvalue weighted by Crippen LogP contribution is 2.17. The molecule has 0 fully saturated rings. The number of sulfonamides is 1. The number of nitrogens with one attached hydrogen (secondary N) is 1. The molecule has 0 heterocycles. The zero-order chi connectivity index (χ0) is 14.8. The highest BCUT2D eigenvalue weighted by atomic mass is 35.5. The van der Waals surface area contributed by atoms with E-state index in [9.17, 15) is 12.8 Å². The minimum atomic E-state index is -3.69. The van der Waals surface area contributed by atoms with E-state index in [1.807, 2.05) is 0 Å². The normalized spacial score (nSPS) is 11.3. The van der Waals surface area contributed by atoms with Crippen molar-refractivity contribution in [2.75, 3.05) is 5.32 Å². The third kappa shape index (κ3) is 3.93. The van der Waals surface area contributed by atoms with Crippen LogP contribution in [0.25, 0.3) is 0 Å². The summed E-state index contributed by atoms with van der Waals surface area (Å²) in [5.41, 5.74) is 1.38. The summed E-state index contributed by atoms with van der Waals surface area (Å²) in [4.78, 5) is 0.0388. The van der Waals surface area contributed by atoms with Gasteiger partial charge < -0.3 is 5.32 Å². The van der Waals surface area contributed by atoms with E-state index < -0.39 is 15.8 Å². The quantitative estimate of drug-likeness (QED) is 0.911. The van der Waals surface area contributed by atoms with Gasteiger partial charge in [-0.2, -0.15) is 0 Å². The Morgan fingerprint density at radius 2 is 1.80 bits per heavy atom. The minimum absolute atomic E-state index is 0.0388. The van der Waals surface area contributed by atoms with Gasteiger partial charge in [-0.1, -0.05) is 11.6 Å². The number of halogens is 2. The zero-order valence-electron chi connectivity index (χ0n) is 10.3. The topological polar surface area (TPSA) is 72.2 Å². The van der Waals surface area contributed by atoms with E-state index in [0.29, 0.717) is 22.8 Å². The highest BCUT2D eigenvalue weighted by Gasteiger charge is 2.06. The van der Waals surface area contributed by atoms with Crippen LogP contribution in [0.2, 0.25) is 5.02 Å². The van der Waals surface area contributed by atoms with Gasteiger partial charge >= 0.3 is 0 Å². The predicted octanol–water partition coefficient (Wildman–Crippen LogP) is 2.74. The minimum Gasteiger partial charge on any atom is -0.381 e. The van der Waals surface area contributed by atoms with Crippen LogP contribution in [0.1, 0.15) is 5.56 Å². The Labute approximate surface area is 121 Å². The standard InChI is InChI=1S/C13H12ClFN2O2S/c14-10-5-9(6-11(15)7-10)8-17-12-1-3-13(4-2-12)20(16,18)19/h1-7,17H,8H2,(H2,16,18,19). The van der Waals surface area contributed by atoms with Crippen LogP contribution < -0.4 is 10.5 Å². The monoisotopic (exact) mass is 314 g/mol. The molecule has 20 heavy (non-hydrogen) atoms. The lowest BCUT2D eigenvalue weighted by atomic mass is 10.2. The van der Waals surface area contributed by atoms with Crippen LogP contribution in [0.4, 0.5) is 10.1 Å². The molecular weight excluding hydrogens is 303 g/mol. The molecule has 0 atom stereocenters. The molecule has 2 rings (SSSR count). The van der Waals surface area contributed by atoms with E-state index in [2.05, 4.69) is 5.32 Å². The lowest BCUT2D eigenvalue weighted by Crippen LogP contribution is -2.12. The van der Waals surface area contributed by atoms with Crippen molar-refractivity contribution in [3.8, 4) is 0 Å². The van der Waals surface area contributed by atoms with Gasteiger partial charge in [-0.3, -0.25) is 0 Å². The van der Waals surface area contributed by atoms with Crippen molar-refractivity contribution in [1.82, 2.24) is 0 Å². The third-order valence-electron chi connectivity index (χ3n) is 2.60. The van der Waals surface area contributed by atoms with E-state index >= 15 is 0 Å². The lowest BCUT2D eigenvalue weighted by molar-refractivity contribution is 0.598. The molecule has 0 amide bonds. The van der Waals surface area contributed by atoms with E-state index in [0.717, 1.165) is 0 Å². The Hall–Kier alpha value is -1.63. The number of benzene rings is 2. The first-order chi connectivity index (χ1) is 9.34. The fourth-order valence-electron chi connectivity index (χ4n) is 1.68. The van der Waals surface area contributed by atoms with Crippen molar-refractivity contribution < 1.29 is 12.8 Å². The van der Waals surface area contributed by atoms with Crippen molar-refractivity contribution >= 4 is 27.3 Å². The van der Waals surface area contributed by atoms with Crippen molar-refractivity contribution in [3.63, 3.8) is 0 Å². The van der Waals surface area contributed by atoms with Gasteiger partial charge in [0.1, 0.15) is 5.82 Å². The second kappa shape index (κ2) is 5.78. The lowest BCUT2D eigenvalue weighted by Gasteiger charge is -2.08. The van der Waals surface area contributed by atoms with Crippen LogP contribution in [-0.2, 0) is 16.6 Å². The number of primary sulfonamides is 1.